The molecule has 1 aromatic rings. The number of hydrogen-bond donors (Lipinski definition) is 3. The minimum Gasteiger partial charge on any atom is -0.467 e. The van der Waals surface area contributed by atoms with Gasteiger partial charge >= 0.3 is 19.3 Å². The van der Waals surface area contributed by atoms with E-state index in [9.17, 15) is 18.9 Å². The van der Waals surface area contributed by atoms with Crippen molar-refractivity contribution in [2.75, 3.05) is 32.4 Å². The molecular formula is C18H30N5O8P. The zero-order valence-corrected chi connectivity index (χ0v) is 19.2. The molecule has 180 valence electrons. The first-order valence-corrected chi connectivity index (χ1v) is 11.7. The Bertz CT molecular complexity index is 896. The number of amides is 1. The van der Waals surface area contributed by atoms with Gasteiger partial charge in [0.1, 0.15) is 18.3 Å². The molecule has 1 amide bonds. The lowest BCUT2D eigenvalue weighted by molar-refractivity contribution is -0.146. The van der Waals surface area contributed by atoms with Crippen molar-refractivity contribution in [1.29, 1.82) is 0 Å². The topological polar surface area (TPSA) is 187 Å². The van der Waals surface area contributed by atoms with Crippen LogP contribution in [-0.4, -0.2) is 66.3 Å². The summed E-state index contributed by atoms with van der Waals surface area (Å²) in [6.45, 7) is 3.35. The number of esters is 1. The minimum atomic E-state index is -3.70. The van der Waals surface area contributed by atoms with Crippen LogP contribution in [0.2, 0.25) is 0 Å². The molecule has 0 spiro atoms. The van der Waals surface area contributed by atoms with E-state index in [1.807, 2.05) is 13.8 Å². The summed E-state index contributed by atoms with van der Waals surface area (Å²) in [5.41, 5.74) is 10.7. The molecule has 0 aliphatic carbocycles. The standard InChI is InChI=1S/C18H30N5O8P/c1-11(2)6-13(19)16(24)21-14(17(25)28-3)9-31-32(27)10-29-12(8-30-32)7-23-5-4-15(20)22-18(23)26/h4-5,11-14H,6-10,19H2,1-3H3,(H,21,24)(H2,20,22,26)/t12-,13?,14?,32?/m1/s1. The van der Waals surface area contributed by atoms with E-state index >= 15 is 0 Å². The van der Waals surface area contributed by atoms with Gasteiger partial charge in [-0.3, -0.25) is 13.9 Å². The number of carbonyl (C=O) groups excluding carboxylic acids is 2. The Balaban J connectivity index is 1.90. The van der Waals surface area contributed by atoms with Crippen molar-refractivity contribution in [2.45, 2.75) is 45.0 Å². The van der Waals surface area contributed by atoms with Crippen LogP contribution in [0, 0.1) is 5.92 Å². The lowest BCUT2D eigenvalue weighted by atomic mass is 10.0. The molecule has 13 nitrogen and oxygen atoms in total. The van der Waals surface area contributed by atoms with Crippen LogP contribution >= 0.6 is 7.60 Å². The molecule has 1 fully saturated rings. The van der Waals surface area contributed by atoms with Gasteiger partial charge in [0.25, 0.3) is 0 Å². The monoisotopic (exact) mass is 475 g/mol. The molecule has 2 rings (SSSR count). The highest BCUT2D eigenvalue weighted by Crippen LogP contribution is 2.51. The molecule has 0 bridgehead atoms. The number of carbonyl (C=O) groups is 2. The molecule has 1 aromatic heterocycles. The molecule has 1 saturated heterocycles. The molecule has 1 aliphatic heterocycles. The first-order valence-electron chi connectivity index (χ1n) is 9.99. The Labute approximate surface area is 185 Å². The Morgan fingerprint density at radius 2 is 2.16 bits per heavy atom. The Morgan fingerprint density at radius 1 is 1.44 bits per heavy atom. The molecule has 14 heteroatoms. The summed E-state index contributed by atoms with van der Waals surface area (Å²) in [5, 5.41) is 2.45. The fraction of sp³-hybridized carbons (Fsp3) is 0.667. The smallest absolute Gasteiger partial charge is 0.356 e. The van der Waals surface area contributed by atoms with Gasteiger partial charge < -0.3 is 35.3 Å². The maximum Gasteiger partial charge on any atom is 0.356 e. The number of nitrogen functional groups attached to an aromatic ring is 1. The third-order valence-corrected chi connectivity index (χ3v) is 6.07. The van der Waals surface area contributed by atoms with Gasteiger partial charge in [-0.15, -0.1) is 0 Å². The molecular weight excluding hydrogens is 445 g/mol. The fourth-order valence-electron chi connectivity index (χ4n) is 2.85. The van der Waals surface area contributed by atoms with Gasteiger partial charge in [0.15, 0.2) is 6.04 Å². The molecule has 32 heavy (non-hydrogen) atoms. The fourth-order valence-corrected chi connectivity index (χ4v) is 4.24. The predicted molar refractivity (Wildman–Crippen MR) is 114 cm³/mol. The zero-order valence-electron chi connectivity index (χ0n) is 18.3. The van der Waals surface area contributed by atoms with E-state index in [-0.39, 0.29) is 24.9 Å². The summed E-state index contributed by atoms with van der Waals surface area (Å²) in [5.74, 6) is -1.06. The van der Waals surface area contributed by atoms with E-state index in [2.05, 4.69) is 15.0 Å². The third-order valence-electron chi connectivity index (χ3n) is 4.52. The van der Waals surface area contributed by atoms with Gasteiger partial charge in [0, 0.05) is 6.20 Å². The molecule has 3 unspecified atom stereocenters. The Kier molecular flexibility index (Phi) is 9.34. The van der Waals surface area contributed by atoms with Crippen LogP contribution in [0.4, 0.5) is 5.82 Å². The first kappa shape index (κ1) is 25.9. The normalized spacial score (nSPS) is 22.8. The second-order valence-electron chi connectivity index (χ2n) is 7.73. The Hall–Kier alpha value is -2.31. The number of aromatic nitrogens is 2. The van der Waals surface area contributed by atoms with Crippen molar-refractivity contribution in [3.63, 3.8) is 0 Å². The molecule has 0 radical (unpaired) electrons. The summed E-state index contributed by atoms with van der Waals surface area (Å²) >= 11 is 0. The van der Waals surface area contributed by atoms with E-state index in [0.29, 0.717) is 6.42 Å². The van der Waals surface area contributed by atoms with Gasteiger partial charge in [0.05, 0.1) is 32.9 Å². The summed E-state index contributed by atoms with van der Waals surface area (Å²) in [7, 11) is -2.56. The van der Waals surface area contributed by atoms with E-state index in [0.717, 1.165) is 7.11 Å². The van der Waals surface area contributed by atoms with Gasteiger partial charge in [-0.2, -0.15) is 4.98 Å². The van der Waals surface area contributed by atoms with Crippen molar-refractivity contribution in [3.8, 4) is 0 Å². The number of nitrogens with two attached hydrogens (primary N) is 2. The molecule has 0 saturated carbocycles. The van der Waals surface area contributed by atoms with E-state index in [1.165, 1.54) is 16.8 Å². The highest BCUT2D eigenvalue weighted by atomic mass is 31.2. The maximum absolute atomic E-state index is 12.8. The van der Waals surface area contributed by atoms with Crippen LogP contribution in [0.25, 0.3) is 0 Å². The van der Waals surface area contributed by atoms with Crippen molar-refractivity contribution in [3.05, 3.63) is 22.7 Å². The maximum atomic E-state index is 12.8. The summed E-state index contributed by atoms with van der Waals surface area (Å²) in [4.78, 5) is 39.7. The van der Waals surface area contributed by atoms with Crippen LogP contribution in [0.5, 0.6) is 0 Å². The van der Waals surface area contributed by atoms with Gasteiger partial charge in [-0.25, -0.2) is 9.59 Å². The van der Waals surface area contributed by atoms with Crippen molar-refractivity contribution in [2.24, 2.45) is 11.7 Å². The van der Waals surface area contributed by atoms with Crippen molar-refractivity contribution >= 4 is 25.3 Å². The minimum absolute atomic E-state index is 0.0994. The highest BCUT2D eigenvalue weighted by Gasteiger charge is 2.36. The SMILES string of the molecule is COC(=O)C(COP1(=O)CO[C@H](Cn2ccc(N)nc2=O)CO1)NC(=O)C(N)CC(C)C. The van der Waals surface area contributed by atoms with Gasteiger partial charge in [-0.05, 0) is 18.4 Å². The number of hydrogen-bond acceptors (Lipinski definition) is 11. The van der Waals surface area contributed by atoms with Crippen LogP contribution in [-0.2, 0) is 39.2 Å². The average Bonchev–Trinajstić information content (AvgIpc) is 2.73. The summed E-state index contributed by atoms with van der Waals surface area (Å²) in [6.07, 6.45) is 0.911. The largest absolute Gasteiger partial charge is 0.467 e. The molecule has 5 N–H and O–H groups in total. The number of nitrogens with zero attached hydrogens (tertiary/aromatic N) is 2. The quantitative estimate of drug-likeness (QED) is 0.291. The van der Waals surface area contributed by atoms with E-state index in [1.54, 1.807) is 0 Å². The van der Waals surface area contributed by atoms with E-state index in [4.69, 9.17) is 25.3 Å². The third kappa shape index (κ3) is 7.68. The van der Waals surface area contributed by atoms with Crippen LogP contribution in [0.15, 0.2) is 17.1 Å². The van der Waals surface area contributed by atoms with Crippen molar-refractivity contribution < 1.29 is 32.7 Å². The summed E-state index contributed by atoms with van der Waals surface area (Å²) < 4.78 is 34.9. The van der Waals surface area contributed by atoms with Crippen LogP contribution in [0.3, 0.4) is 0 Å². The molecule has 4 atom stereocenters. The highest BCUT2D eigenvalue weighted by molar-refractivity contribution is 7.53. The van der Waals surface area contributed by atoms with Gasteiger partial charge in [-0.1, -0.05) is 13.8 Å². The Morgan fingerprint density at radius 3 is 2.72 bits per heavy atom. The number of anilines is 1. The lowest BCUT2D eigenvalue weighted by Crippen LogP contribution is -2.51. The zero-order chi connectivity index (χ0) is 23.9. The number of rotatable bonds is 10. The molecule has 0 aromatic carbocycles. The first-order chi connectivity index (χ1) is 15.0. The van der Waals surface area contributed by atoms with Crippen LogP contribution in [0.1, 0.15) is 20.3 Å². The molecule has 1 aliphatic rings. The lowest BCUT2D eigenvalue weighted by Gasteiger charge is -2.30. The second kappa shape index (κ2) is 11.5. The molecule has 2 heterocycles. The predicted octanol–water partition coefficient (Wildman–Crippen LogP) is -0.561. The van der Waals surface area contributed by atoms with Gasteiger partial charge in [0.2, 0.25) is 5.91 Å². The summed E-state index contributed by atoms with van der Waals surface area (Å²) in [6, 6.07) is -0.579. The number of ether oxygens (including phenoxy) is 2. The second-order valence-corrected chi connectivity index (χ2v) is 9.72. The van der Waals surface area contributed by atoms with Crippen molar-refractivity contribution in [1.82, 2.24) is 14.9 Å². The average molecular weight is 475 g/mol. The number of nitrogens with one attached hydrogen (secondary N) is 1. The number of methoxy groups -OCH3 is 1. The van der Waals surface area contributed by atoms with Crippen LogP contribution < -0.4 is 22.5 Å². The van der Waals surface area contributed by atoms with E-state index < -0.39 is 56.3 Å².